The molecule has 2 aromatic heterocycles. The van der Waals surface area contributed by atoms with Crippen molar-refractivity contribution in [2.75, 3.05) is 19.0 Å². The van der Waals surface area contributed by atoms with Crippen LogP contribution in [0, 0.1) is 10.1 Å². The molecule has 1 aliphatic heterocycles. The van der Waals surface area contributed by atoms with E-state index in [0.717, 1.165) is 21.5 Å². The van der Waals surface area contributed by atoms with Gasteiger partial charge in [0.05, 0.1) is 27.1 Å². The van der Waals surface area contributed by atoms with Gasteiger partial charge in [-0.1, -0.05) is 12.1 Å². The molecule has 1 N–H and O–H groups in total. The summed E-state index contributed by atoms with van der Waals surface area (Å²) in [5.74, 6) is -1.31. The number of hydrogen-bond donors (Lipinski definition) is 1. The van der Waals surface area contributed by atoms with E-state index in [9.17, 15) is 19.7 Å². The fourth-order valence-electron chi connectivity index (χ4n) is 3.34. The molecule has 32 heavy (non-hydrogen) atoms. The lowest BCUT2D eigenvalue weighted by Crippen LogP contribution is -2.31. The molecule has 0 saturated heterocycles. The second-order valence-corrected chi connectivity index (χ2v) is 8.74. The highest BCUT2D eigenvalue weighted by atomic mass is 32.1. The fraction of sp³-hybridized carbons (Fsp3) is 0.190. The molecule has 3 heterocycles. The van der Waals surface area contributed by atoms with E-state index in [-0.39, 0.29) is 17.3 Å². The van der Waals surface area contributed by atoms with Crippen LogP contribution in [0.4, 0.5) is 11.4 Å². The Bertz CT molecular complexity index is 1180. The smallest absolute Gasteiger partial charge is 0.341 e. The average molecular weight is 471 g/mol. The number of carbonyl (C=O) groups excluding carboxylic acids is 2. The molecule has 1 atom stereocenters. The number of rotatable bonds is 7. The predicted octanol–water partition coefficient (Wildman–Crippen LogP) is 4.29. The summed E-state index contributed by atoms with van der Waals surface area (Å²) in [5, 5.41) is 23.6. The van der Waals surface area contributed by atoms with Gasteiger partial charge in [0, 0.05) is 36.2 Å². The number of benzene rings is 1. The summed E-state index contributed by atoms with van der Waals surface area (Å²) in [6.07, 6.45) is 0.565. The first-order chi connectivity index (χ1) is 15.5. The summed E-state index contributed by atoms with van der Waals surface area (Å²) >= 11 is 3.07. The lowest BCUT2D eigenvalue weighted by atomic mass is 10.1. The van der Waals surface area contributed by atoms with Crippen molar-refractivity contribution in [2.24, 2.45) is 5.10 Å². The molecule has 0 fully saturated rings. The molecule has 4 rings (SSSR count). The SMILES string of the molecule is CNc1ccc([N+](=O)[O-])cc1C(=O)OCC(=O)N1N=C(c2cccs2)CC1c1cccs1. The minimum Gasteiger partial charge on any atom is -0.452 e. The Morgan fingerprint density at radius 3 is 2.69 bits per heavy atom. The van der Waals surface area contributed by atoms with Gasteiger partial charge in [-0.15, -0.1) is 22.7 Å². The number of amides is 1. The van der Waals surface area contributed by atoms with Crippen LogP contribution in [0.1, 0.15) is 32.6 Å². The molecule has 1 amide bonds. The number of nitro groups is 1. The van der Waals surface area contributed by atoms with Crippen LogP contribution in [-0.2, 0) is 9.53 Å². The number of nitro benzene ring substituents is 1. The Hall–Kier alpha value is -3.57. The maximum Gasteiger partial charge on any atom is 0.341 e. The van der Waals surface area contributed by atoms with Gasteiger partial charge in [0.2, 0.25) is 0 Å². The van der Waals surface area contributed by atoms with Crippen LogP contribution >= 0.6 is 22.7 Å². The standard InChI is InChI=1S/C21H18N4O5S2/c1-22-15-7-6-13(25(28)29)10-14(15)21(27)30-12-20(26)24-17(19-5-3-9-32-19)11-16(23-24)18-4-2-8-31-18/h2-10,17,22H,11-12H2,1H3. The normalized spacial score (nSPS) is 15.3. The van der Waals surface area contributed by atoms with E-state index in [1.165, 1.54) is 28.5 Å². The largest absolute Gasteiger partial charge is 0.452 e. The number of ether oxygens (including phenoxy) is 1. The number of esters is 1. The van der Waals surface area contributed by atoms with Crippen molar-refractivity contribution < 1.29 is 19.2 Å². The van der Waals surface area contributed by atoms with Crippen molar-refractivity contribution in [3.05, 3.63) is 78.7 Å². The van der Waals surface area contributed by atoms with Gasteiger partial charge in [0.1, 0.15) is 0 Å². The maximum absolute atomic E-state index is 13.0. The highest BCUT2D eigenvalue weighted by Crippen LogP contribution is 2.36. The monoisotopic (exact) mass is 470 g/mol. The number of non-ortho nitro benzene ring substituents is 1. The molecule has 0 aliphatic carbocycles. The lowest BCUT2D eigenvalue weighted by molar-refractivity contribution is -0.384. The van der Waals surface area contributed by atoms with Crippen molar-refractivity contribution in [1.29, 1.82) is 0 Å². The summed E-state index contributed by atoms with van der Waals surface area (Å²) in [6.45, 7) is -0.534. The van der Waals surface area contributed by atoms with E-state index >= 15 is 0 Å². The number of hydrazone groups is 1. The molecule has 0 radical (unpaired) electrons. The van der Waals surface area contributed by atoms with Gasteiger partial charge in [-0.2, -0.15) is 5.10 Å². The zero-order chi connectivity index (χ0) is 22.7. The quantitative estimate of drug-likeness (QED) is 0.313. The summed E-state index contributed by atoms with van der Waals surface area (Å²) in [4.78, 5) is 38.0. The number of carbonyl (C=O) groups is 2. The van der Waals surface area contributed by atoms with Crippen LogP contribution < -0.4 is 5.32 Å². The topological polar surface area (TPSA) is 114 Å². The predicted molar refractivity (Wildman–Crippen MR) is 122 cm³/mol. The van der Waals surface area contributed by atoms with Crippen LogP contribution in [0.15, 0.2) is 58.3 Å². The highest BCUT2D eigenvalue weighted by Gasteiger charge is 2.34. The molecule has 11 heteroatoms. The summed E-state index contributed by atoms with van der Waals surface area (Å²) in [6, 6.07) is 11.3. The molecule has 1 aromatic carbocycles. The highest BCUT2D eigenvalue weighted by molar-refractivity contribution is 7.12. The minimum atomic E-state index is -0.833. The Morgan fingerprint density at radius 2 is 2.03 bits per heavy atom. The molecule has 1 aliphatic rings. The van der Waals surface area contributed by atoms with E-state index in [0.29, 0.717) is 12.1 Å². The van der Waals surface area contributed by atoms with Crippen molar-refractivity contribution in [3.8, 4) is 0 Å². The molecule has 164 valence electrons. The lowest BCUT2D eigenvalue weighted by Gasteiger charge is -2.20. The van der Waals surface area contributed by atoms with Gasteiger partial charge in [0.15, 0.2) is 6.61 Å². The van der Waals surface area contributed by atoms with E-state index < -0.39 is 23.4 Å². The Labute approximate surface area is 191 Å². The summed E-state index contributed by atoms with van der Waals surface area (Å²) in [5.41, 5.74) is 0.899. The van der Waals surface area contributed by atoms with Gasteiger partial charge in [-0.05, 0) is 29.0 Å². The first-order valence-corrected chi connectivity index (χ1v) is 11.3. The van der Waals surface area contributed by atoms with E-state index in [4.69, 9.17) is 4.74 Å². The van der Waals surface area contributed by atoms with Gasteiger partial charge in [0.25, 0.3) is 11.6 Å². The van der Waals surface area contributed by atoms with Gasteiger partial charge < -0.3 is 10.1 Å². The molecular formula is C21H18N4O5S2. The first kappa shape index (κ1) is 21.7. The van der Waals surface area contributed by atoms with Crippen LogP contribution in [-0.4, -0.2) is 41.2 Å². The van der Waals surface area contributed by atoms with Gasteiger partial charge in [-0.3, -0.25) is 14.9 Å². The van der Waals surface area contributed by atoms with Crippen LogP contribution in [0.3, 0.4) is 0 Å². The molecule has 0 spiro atoms. The van der Waals surface area contributed by atoms with Gasteiger partial charge >= 0.3 is 5.97 Å². The van der Waals surface area contributed by atoms with Crippen molar-refractivity contribution in [1.82, 2.24) is 5.01 Å². The number of hydrogen-bond acceptors (Lipinski definition) is 9. The molecular weight excluding hydrogens is 452 g/mol. The number of thiophene rings is 2. The Kier molecular flexibility index (Phi) is 6.28. The number of nitrogens with zero attached hydrogens (tertiary/aromatic N) is 3. The molecule has 3 aromatic rings. The van der Waals surface area contributed by atoms with E-state index in [1.807, 2.05) is 35.0 Å². The van der Waals surface area contributed by atoms with E-state index in [1.54, 1.807) is 18.4 Å². The second kappa shape index (κ2) is 9.28. The number of anilines is 1. The van der Waals surface area contributed by atoms with Crippen LogP contribution in [0.5, 0.6) is 0 Å². The zero-order valence-corrected chi connectivity index (χ0v) is 18.5. The van der Waals surface area contributed by atoms with Crippen LogP contribution in [0.2, 0.25) is 0 Å². The summed E-state index contributed by atoms with van der Waals surface area (Å²) < 4.78 is 5.22. The molecule has 0 bridgehead atoms. The average Bonchev–Trinajstić information content (AvgIpc) is 3.56. The molecule has 9 nitrogen and oxygen atoms in total. The summed E-state index contributed by atoms with van der Waals surface area (Å²) in [7, 11) is 1.58. The number of nitrogens with one attached hydrogen (secondary N) is 1. The Morgan fingerprint density at radius 1 is 1.25 bits per heavy atom. The Balaban J connectivity index is 1.51. The van der Waals surface area contributed by atoms with Crippen molar-refractivity contribution >= 4 is 51.6 Å². The molecule has 0 saturated carbocycles. The van der Waals surface area contributed by atoms with E-state index in [2.05, 4.69) is 10.4 Å². The van der Waals surface area contributed by atoms with Crippen molar-refractivity contribution in [2.45, 2.75) is 12.5 Å². The maximum atomic E-state index is 13.0. The third-order valence-corrected chi connectivity index (χ3v) is 6.77. The second-order valence-electron chi connectivity index (χ2n) is 6.81. The fourth-order valence-corrected chi connectivity index (χ4v) is 4.87. The minimum absolute atomic E-state index is 0.0199. The van der Waals surface area contributed by atoms with Gasteiger partial charge in [-0.25, -0.2) is 9.80 Å². The molecule has 1 unspecified atom stereocenters. The zero-order valence-electron chi connectivity index (χ0n) is 16.9. The van der Waals surface area contributed by atoms with Crippen LogP contribution in [0.25, 0.3) is 0 Å². The van der Waals surface area contributed by atoms with Crippen molar-refractivity contribution in [3.63, 3.8) is 0 Å². The third-order valence-electron chi connectivity index (χ3n) is 4.87. The first-order valence-electron chi connectivity index (χ1n) is 9.58. The third kappa shape index (κ3) is 4.39.